The number of nitrogens with two attached hydrogens (primary N) is 1. The lowest BCUT2D eigenvalue weighted by Gasteiger charge is -2.40. The number of aromatic nitrogens is 6. The third-order valence-electron chi connectivity index (χ3n) is 14.8. The molecule has 5 amide bonds. The van der Waals surface area contributed by atoms with Gasteiger partial charge in [0.05, 0.1) is 23.3 Å². The second-order valence-electron chi connectivity index (χ2n) is 19.7. The van der Waals surface area contributed by atoms with Crippen LogP contribution in [0.15, 0.2) is 60.8 Å². The summed E-state index contributed by atoms with van der Waals surface area (Å²) in [5.74, 6) is 0.346. The number of primary amides is 1. The average molecular weight is 993 g/mol. The molecule has 0 spiro atoms. The number of methoxy groups -OCH3 is 1. The first-order valence-corrected chi connectivity index (χ1v) is 24.8. The van der Waals surface area contributed by atoms with Crippen molar-refractivity contribution in [1.82, 2.24) is 45.1 Å². The Labute approximate surface area is 419 Å². The molecular formula is C53H57FN12O7. The highest BCUT2D eigenvalue weighted by Crippen LogP contribution is 2.53. The van der Waals surface area contributed by atoms with E-state index < -0.39 is 23.8 Å². The van der Waals surface area contributed by atoms with E-state index in [1.165, 1.54) is 11.0 Å². The molecular weight excluding hydrogens is 936 g/mol. The van der Waals surface area contributed by atoms with E-state index in [4.69, 9.17) is 29.9 Å². The minimum atomic E-state index is -0.571. The molecule has 0 radical (unpaired) electrons. The molecule has 3 saturated heterocycles. The fraction of sp³-hybridized carbons (Fsp3) is 0.396. The predicted octanol–water partition coefficient (Wildman–Crippen LogP) is 6.23. The van der Waals surface area contributed by atoms with E-state index in [0.717, 1.165) is 45.8 Å². The van der Waals surface area contributed by atoms with Gasteiger partial charge in [0.25, 0.3) is 5.91 Å². The quantitative estimate of drug-likeness (QED) is 0.104. The molecule has 11 rings (SSSR count). The number of anilines is 2. The zero-order valence-electron chi connectivity index (χ0n) is 41.4. The van der Waals surface area contributed by atoms with Gasteiger partial charge in [-0.25, -0.2) is 9.18 Å². The van der Waals surface area contributed by atoms with Gasteiger partial charge in [0.2, 0.25) is 11.8 Å². The zero-order chi connectivity index (χ0) is 50.8. The summed E-state index contributed by atoms with van der Waals surface area (Å²) in [6.45, 7) is 9.29. The number of hydrogen-bond donors (Lipinski definition) is 3. The normalized spacial score (nSPS) is 18.9. The molecule has 7 aromatic rings. The highest BCUT2D eigenvalue weighted by molar-refractivity contribution is 6.09. The van der Waals surface area contributed by atoms with Crippen LogP contribution in [0.5, 0.6) is 11.8 Å². The number of halogens is 1. The average Bonchev–Trinajstić information content (AvgIpc) is 4.02. The number of nitrogens with zero attached hydrogens (tertiary/aromatic N) is 9. The van der Waals surface area contributed by atoms with E-state index in [1.807, 2.05) is 60.2 Å². The molecule has 0 unspecified atom stereocenters. The number of fused-ring (bicyclic) bond motifs is 3. The minimum Gasteiger partial charge on any atom is -0.486 e. The first kappa shape index (κ1) is 47.6. The molecule has 3 atom stereocenters. The Morgan fingerprint density at radius 1 is 0.918 bits per heavy atom. The van der Waals surface area contributed by atoms with Gasteiger partial charge in [0.15, 0.2) is 11.6 Å². The largest absolute Gasteiger partial charge is 0.486 e. The van der Waals surface area contributed by atoms with Gasteiger partial charge in [-0.05, 0) is 105 Å². The summed E-state index contributed by atoms with van der Waals surface area (Å²) in [4.78, 5) is 68.7. The van der Waals surface area contributed by atoms with Crippen LogP contribution in [0.2, 0.25) is 0 Å². The molecule has 19 nitrogen and oxygen atoms in total. The Kier molecular flexibility index (Phi) is 12.4. The number of hydrogen-bond acceptors (Lipinski definition) is 13. The van der Waals surface area contributed by atoms with Crippen LogP contribution in [-0.4, -0.2) is 128 Å². The van der Waals surface area contributed by atoms with Crippen LogP contribution in [0, 0.1) is 12.7 Å². The lowest BCUT2D eigenvalue weighted by atomic mass is 9.88. The minimum absolute atomic E-state index is 0.0608. The summed E-state index contributed by atoms with van der Waals surface area (Å²) in [5, 5.41) is 16.5. The summed E-state index contributed by atoms with van der Waals surface area (Å²) in [5.41, 5.74) is 12.9. The molecule has 6 heterocycles. The molecule has 378 valence electrons. The number of H-pyrrole nitrogens is 1. The second-order valence-corrected chi connectivity index (χ2v) is 19.7. The third-order valence-corrected chi connectivity index (χ3v) is 14.8. The van der Waals surface area contributed by atoms with Gasteiger partial charge >= 0.3 is 12.0 Å². The van der Waals surface area contributed by atoms with E-state index in [1.54, 1.807) is 24.9 Å². The fourth-order valence-corrected chi connectivity index (χ4v) is 10.4. The number of imide groups is 1. The summed E-state index contributed by atoms with van der Waals surface area (Å²) in [6.07, 6.45) is 4.05. The van der Waals surface area contributed by atoms with Crippen LogP contribution in [0.3, 0.4) is 0 Å². The fourth-order valence-electron chi connectivity index (χ4n) is 10.4. The van der Waals surface area contributed by atoms with Crippen molar-refractivity contribution in [3.63, 3.8) is 0 Å². The topological polar surface area (TPSA) is 219 Å². The molecule has 3 aliphatic heterocycles. The number of piperazine rings is 1. The van der Waals surface area contributed by atoms with Crippen molar-refractivity contribution in [2.24, 2.45) is 12.8 Å². The summed E-state index contributed by atoms with van der Waals surface area (Å²) in [7, 11) is 3.43. The van der Waals surface area contributed by atoms with Gasteiger partial charge in [0, 0.05) is 98.7 Å². The van der Waals surface area contributed by atoms with Crippen LogP contribution >= 0.6 is 0 Å². The SMILES string of the molecule is CO[C@@H](C)COc1nc(N2CC[C@H]2C(N)=O)c2cc(C3CC3)c(-c3c(C)c(F)cc4[nH]ncc34)c(OCc3ccc(C(=O)N4CCN(Cc5ccc6c(N7CCC(=O)NC7=O)nn(C)c6c5)C[C@@H]4C)cc3)c2n1. The summed E-state index contributed by atoms with van der Waals surface area (Å²) < 4.78 is 36.3. The van der Waals surface area contributed by atoms with E-state index in [0.29, 0.717) is 95.2 Å². The number of aryl methyl sites for hydroxylation is 1. The van der Waals surface area contributed by atoms with Crippen molar-refractivity contribution in [2.75, 3.05) is 56.2 Å². The summed E-state index contributed by atoms with van der Waals surface area (Å²) in [6, 6.07) is 16.0. The maximum absolute atomic E-state index is 16.0. The van der Waals surface area contributed by atoms with Gasteiger partial charge in [-0.3, -0.25) is 39.3 Å². The van der Waals surface area contributed by atoms with E-state index in [9.17, 15) is 19.2 Å². The number of carbonyl (C=O) groups excluding carboxylic acids is 4. The first-order chi connectivity index (χ1) is 35.2. The molecule has 3 aromatic heterocycles. The Balaban J connectivity index is 0.860. The van der Waals surface area contributed by atoms with Crippen LogP contribution in [-0.2, 0) is 34.5 Å². The first-order valence-electron chi connectivity index (χ1n) is 24.8. The Morgan fingerprint density at radius 2 is 1.71 bits per heavy atom. The molecule has 4 aliphatic rings. The van der Waals surface area contributed by atoms with Crippen molar-refractivity contribution in [3.8, 4) is 22.9 Å². The molecule has 4 N–H and O–H groups in total. The van der Waals surface area contributed by atoms with Crippen molar-refractivity contribution >= 4 is 68.1 Å². The standard InChI is InChI=1S/C53H57FN12O7/c1-28-24-63(25-32-8-13-35-42(20-32)62(4)61-50(35)66-17-15-43(67)57-53(66)70)18-19-64(28)51(69)34-9-6-31(7-10-34)27-72-47-45(44-30(3)39(54)22-40-38(44)23-56-60-40)36(33-11-12-33)21-37-46(47)58-52(73-26-29(2)71-5)59-49(37)65-16-14-41(65)48(55)68/h6-10,13,20-23,28-29,33,41H,11-12,14-19,24-27H2,1-5H3,(H2,55,68)(H,56,60)(H,57,67,70)/t28-,29-,41-/m0/s1. The maximum Gasteiger partial charge on any atom is 0.329 e. The second kappa shape index (κ2) is 19.0. The van der Waals surface area contributed by atoms with Gasteiger partial charge < -0.3 is 29.7 Å². The van der Waals surface area contributed by atoms with E-state index >= 15 is 4.39 Å². The Morgan fingerprint density at radius 3 is 2.42 bits per heavy atom. The Bertz CT molecular complexity index is 3350. The molecule has 1 saturated carbocycles. The predicted molar refractivity (Wildman–Crippen MR) is 271 cm³/mol. The van der Waals surface area contributed by atoms with Gasteiger partial charge in [-0.2, -0.15) is 20.2 Å². The van der Waals surface area contributed by atoms with Crippen molar-refractivity contribution in [2.45, 2.75) is 83.7 Å². The molecule has 1 aliphatic carbocycles. The van der Waals surface area contributed by atoms with Gasteiger partial charge in [0.1, 0.15) is 36.4 Å². The Hall–Kier alpha value is -7.71. The molecule has 20 heteroatoms. The van der Waals surface area contributed by atoms with Crippen molar-refractivity contribution in [3.05, 3.63) is 94.4 Å². The van der Waals surface area contributed by atoms with E-state index in [-0.39, 0.29) is 62.1 Å². The van der Waals surface area contributed by atoms with Crippen LogP contribution < -0.4 is 30.3 Å². The molecule has 73 heavy (non-hydrogen) atoms. The number of aromatic amines is 1. The number of benzene rings is 4. The zero-order valence-corrected chi connectivity index (χ0v) is 41.4. The molecule has 4 fully saturated rings. The lowest BCUT2D eigenvalue weighted by Crippen LogP contribution is -2.55. The molecule has 4 aromatic carbocycles. The number of rotatable bonds is 15. The highest BCUT2D eigenvalue weighted by atomic mass is 19.1. The van der Waals surface area contributed by atoms with Crippen molar-refractivity contribution in [1.29, 1.82) is 0 Å². The number of urea groups is 1. The molecule has 0 bridgehead atoms. The summed E-state index contributed by atoms with van der Waals surface area (Å²) >= 11 is 0. The van der Waals surface area contributed by atoms with Crippen LogP contribution in [0.1, 0.15) is 78.1 Å². The number of ether oxygens (including phenoxy) is 3. The highest BCUT2D eigenvalue weighted by Gasteiger charge is 2.39. The monoisotopic (exact) mass is 992 g/mol. The third kappa shape index (κ3) is 8.91. The lowest BCUT2D eigenvalue weighted by molar-refractivity contribution is -0.121. The van der Waals surface area contributed by atoms with Gasteiger partial charge in [-0.15, -0.1) is 0 Å². The van der Waals surface area contributed by atoms with Crippen LogP contribution in [0.25, 0.3) is 43.8 Å². The number of nitrogens with one attached hydrogen (secondary N) is 2. The van der Waals surface area contributed by atoms with Crippen molar-refractivity contribution < 1.29 is 37.8 Å². The number of carbonyl (C=O) groups is 4. The van der Waals surface area contributed by atoms with Crippen LogP contribution in [0.4, 0.5) is 20.8 Å². The van der Waals surface area contributed by atoms with Gasteiger partial charge in [-0.1, -0.05) is 18.2 Å². The smallest absolute Gasteiger partial charge is 0.329 e. The number of amides is 5. The van der Waals surface area contributed by atoms with E-state index in [2.05, 4.69) is 44.6 Å². The maximum atomic E-state index is 16.0.